The lowest BCUT2D eigenvalue weighted by molar-refractivity contribution is -0.167. The van der Waals surface area contributed by atoms with Crippen LogP contribution in [-0.2, 0) is 28.6 Å². The summed E-state index contributed by atoms with van der Waals surface area (Å²) in [6.45, 7) is 6.50. The van der Waals surface area contributed by atoms with Crippen LogP contribution < -0.4 is 0 Å². The molecule has 0 aromatic carbocycles. The van der Waals surface area contributed by atoms with E-state index in [4.69, 9.17) is 14.2 Å². The Morgan fingerprint density at radius 2 is 0.500 bits per heavy atom. The van der Waals surface area contributed by atoms with Crippen LogP contribution in [0.1, 0.15) is 310 Å². The van der Waals surface area contributed by atoms with E-state index in [0.717, 1.165) is 122 Å². The van der Waals surface area contributed by atoms with Crippen molar-refractivity contribution in [3.63, 3.8) is 0 Å². The van der Waals surface area contributed by atoms with Crippen molar-refractivity contribution < 1.29 is 28.6 Å². The van der Waals surface area contributed by atoms with E-state index in [2.05, 4.69) is 130 Å². The fourth-order valence-electron chi connectivity index (χ4n) is 9.10. The van der Waals surface area contributed by atoms with Crippen LogP contribution in [0.5, 0.6) is 0 Å². The van der Waals surface area contributed by atoms with Crippen LogP contribution in [-0.4, -0.2) is 37.2 Å². The van der Waals surface area contributed by atoms with Crippen molar-refractivity contribution in [3.05, 3.63) is 109 Å². The highest BCUT2D eigenvalue weighted by Gasteiger charge is 2.19. The minimum atomic E-state index is -0.793. The molecule has 6 heteroatoms. The molecule has 78 heavy (non-hydrogen) atoms. The van der Waals surface area contributed by atoms with Gasteiger partial charge >= 0.3 is 17.9 Å². The molecule has 0 aliphatic heterocycles. The van der Waals surface area contributed by atoms with Gasteiger partial charge in [-0.3, -0.25) is 14.4 Å². The van der Waals surface area contributed by atoms with Crippen LogP contribution in [0, 0.1) is 0 Å². The molecule has 0 N–H and O–H groups in total. The largest absolute Gasteiger partial charge is 0.462 e. The van der Waals surface area contributed by atoms with Crippen molar-refractivity contribution in [2.45, 2.75) is 316 Å². The second kappa shape index (κ2) is 65.6. The molecule has 6 nitrogen and oxygen atoms in total. The van der Waals surface area contributed by atoms with Gasteiger partial charge in [-0.05, 0) is 109 Å². The normalized spacial score (nSPS) is 12.8. The van der Waals surface area contributed by atoms with Gasteiger partial charge in [0.2, 0.25) is 0 Å². The highest BCUT2D eigenvalue weighted by Crippen LogP contribution is 2.16. The first-order chi connectivity index (χ1) is 38.5. The third kappa shape index (κ3) is 62.9. The first kappa shape index (κ1) is 74.1. The molecule has 0 radical (unpaired) electrons. The zero-order valence-electron chi connectivity index (χ0n) is 51.2. The van der Waals surface area contributed by atoms with Crippen molar-refractivity contribution in [1.29, 1.82) is 0 Å². The molecule has 0 aliphatic rings. The standard InChI is InChI=1S/C72H122O6/c1-4-7-10-13-16-19-22-24-26-28-30-32-34-35-36-37-39-40-42-44-46-48-50-53-56-59-62-65-71(74)77-68-69(67-76-70(73)64-61-58-55-52-21-18-15-12-9-6-3)78-72(75)66-63-60-57-54-51-49-47-45-43-41-38-33-31-29-27-25-23-20-17-14-11-8-5-2/h8,11,17,20,22,24-25,27-28,30-31,33-35,41,43,47,49,69H,4-7,9-10,12-16,18-19,21,23,26,29,32,36-40,42,44-46,48,50-68H2,1-3H3/b11-8-,20-17-,24-22-,27-25-,30-28-,33-31-,35-34-,43-41-,49-47-. The summed E-state index contributed by atoms with van der Waals surface area (Å²) in [5.41, 5.74) is 0. The monoisotopic (exact) mass is 1080 g/mol. The Morgan fingerprint density at radius 3 is 0.782 bits per heavy atom. The summed E-state index contributed by atoms with van der Waals surface area (Å²) < 4.78 is 16.9. The summed E-state index contributed by atoms with van der Waals surface area (Å²) in [5, 5.41) is 0. The molecule has 0 rings (SSSR count). The van der Waals surface area contributed by atoms with E-state index in [-0.39, 0.29) is 31.1 Å². The molecule has 0 saturated carbocycles. The number of allylic oxidation sites excluding steroid dienone is 18. The number of carbonyl (C=O) groups excluding carboxylic acids is 3. The Balaban J connectivity index is 4.29. The van der Waals surface area contributed by atoms with Gasteiger partial charge in [0, 0.05) is 19.3 Å². The van der Waals surface area contributed by atoms with Crippen LogP contribution in [0.15, 0.2) is 109 Å². The van der Waals surface area contributed by atoms with E-state index in [0.29, 0.717) is 19.3 Å². The number of esters is 3. The van der Waals surface area contributed by atoms with E-state index in [1.807, 2.05) is 0 Å². The van der Waals surface area contributed by atoms with Gasteiger partial charge in [-0.15, -0.1) is 0 Å². The number of rotatable bonds is 59. The average molecular weight is 1080 g/mol. The van der Waals surface area contributed by atoms with E-state index in [1.165, 1.54) is 148 Å². The van der Waals surface area contributed by atoms with Gasteiger partial charge in [0.25, 0.3) is 0 Å². The van der Waals surface area contributed by atoms with Crippen LogP contribution in [0.25, 0.3) is 0 Å². The van der Waals surface area contributed by atoms with Gasteiger partial charge in [0.05, 0.1) is 0 Å². The number of unbranched alkanes of at least 4 members (excludes halogenated alkanes) is 30. The fourth-order valence-corrected chi connectivity index (χ4v) is 9.10. The summed E-state index contributed by atoms with van der Waals surface area (Å²) >= 11 is 0. The Kier molecular flexibility index (Phi) is 62.3. The maximum absolute atomic E-state index is 12.9. The maximum Gasteiger partial charge on any atom is 0.306 e. The lowest BCUT2D eigenvalue weighted by Gasteiger charge is -2.18. The number of carbonyl (C=O) groups is 3. The number of ether oxygens (including phenoxy) is 3. The Morgan fingerprint density at radius 1 is 0.269 bits per heavy atom. The molecule has 0 amide bonds. The van der Waals surface area contributed by atoms with Crippen LogP contribution in [0.2, 0.25) is 0 Å². The third-order valence-corrected chi connectivity index (χ3v) is 14.0. The van der Waals surface area contributed by atoms with Gasteiger partial charge < -0.3 is 14.2 Å². The molecule has 0 spiro atoms. The number of hydrogen-bond donors (Lipinski definition) is 0. The van der Waals surface area contributed by atoms with Gasteiger partial charge in [0.15, 0.2) is 6.10 Å². The van der Waals surface area contributed by atoms with Crippen molar-refractivity contribution in [2.75, 3.05) is 13.2 Å². The smallest absolute Gasteiger partial charge is 0.306 e. The molecule has 0 aliphatic carbocycles. The summed E-state index contributed by atoms with van der Waals surface area (Å²) in [4.78, 5) is 38.3. The van der Waals surface area contributed by atoms with E-state index in [9.17, 15) is 14.4 Å². The molecule has 0 fully saturated rings. The predicted molar refractivity (Wildman–Crippen MR) is 339 cm³/mol. The van der Waals surface area contributed by atoms with Crippen molar-refractivity contribution >= 4 is 17.9 Å². The molecule has 0 saturated heterocycles. The lowest BCUT2D eigenvalue weighted by Crippen LogP contribution is -2.30. The quantitative estimate of drug-likeness (QED) is 0.0261. The predicted octanol–water partition coefficient (Wildman–Crippen LogP) is 22.6. The highest BCUT2D eigenvalue weighted by molar-refractivity contribution is 5.71. The Labute approximate surface area is 482 Å². The summed E-state index contributed by atoms with van der Waals surface area (Å²) in [7, 11) is 0. The van der Waals surface area contributed by atoms with Crippen LogP contribution in [0.4, 0.5) is 0 Å². The topological polar surface area (TPSA) is 78.9 Å². The van der Waals surface area contributed by atoms with Crippen molar-refractivity contribution in [1.82, 2.24) is 0 Å². The average Bonchev–Trinajstić information content (AvgIpc) is 3.44. The summed E-state index contributed by atoms with van der Waals surface area (Å²) in [5.74, 6) is -0.909. The second-order valence-corrected chi connectivity index (χ2v) is 21.6. The summed E-state index contributed by atoms with van der Waals surface area (Å²) in [6.07, 6.45) is 89.6. The molecule has 0 heterocycles. The maximum atomic E-state index is 12.9. The minimum absolute atomic E-state index is 0.0878. The van der Waals surface area contributed by atoms with Gasteiger partial charge in [0.1, 0.15) is 13.2 Å². The van der Waals surface area contributed by atoms with E-state index < -0.39 is 6.10 Å². The first-order valence-electron chi connectivity index (χ1n) is 32.9. The molecular weight excluding hydrogens is 961 g/mol. The zero-order valence-corrected chi connectivity index (χ0v) is 51.2. The molecule has 1 unspecified atom stereocenters. The summed E-state index contributed by atoms with van der Waals surface area (Å²) in [6, 6.07) is 0. The molecule has 1 atom stereocenters. The van der Waals surface area contributed by atoms with Gasteiger partial charge in [-0.2, -0.15) is 0 Å². The van der Waals surface area contributed by atoms with Gasteiger partial charge in [-0.1, -0.05) is 291 Å². The fraction of sp³-hybridized carbons (Fsp3) is 0.708. The van der Waals surface area contributed by atoms with Crippen LogP contribution >= 0.6 is 0 Å². The second-order valence-electron chi connectivity index (χ2n) is 21.6. The molecule has 446 valence electrons. The highest BCUT2D eigenvalue weighted by atomic mass is 16.6. The van der Waals surface area contributed by atoms with Gasteiger partial charge in [-0.25, -0.2) is 0 Å². The molecule has 0 aromatic rings. The van der Waals surface area contributed by atoms with Crippen molar-refractivity contribution in [2.24, 2.45) is 0 Å². The number of hydrogen-bond acceptors (Lipinski definition) is 6. The van der Waals surface area contributed by atoms with Crippen LogP contribution in [0.3, 0.4) is 0 Å². The van der Waals surface area contributed by atoms with E-state index in [1.54, 1.807) is 0 Å². The third-order valence-electron chi connectivity index (χ3n) is 14.0. The SMILES string of the molecule is CC/C=C\C/C=C\C/C=C\C/C=C\C/C=C\C/C=C\CCCCCCC(=O)OC(COC(=O)CCCCCCCCCCCC)COC(=O)CCCCCCCCCCCCCC/C=C\C/C=C\C/C=C\CCCCCCC. The minimum Gasteiger partial charge on any atom is -0.462 e. The lowest BCUT2D eigenvalue weighted by atomic mass is 10.0. The van der Waals surface area contributed by atoms with E-state index >= 15 is 0 Å². The Hall–Kier alpha value is -3.93. The molecule has 0 bridgehead atoms. The Bertz CT molecular complexity index is 1570. The molecule has 0 aromatic heterocycles. The zero-order chi connectivity index (χ0) is 56.4. The van der Waals surface area contributed by atoms with Crippen molar-refractivity contribution in [3.8, 4) is 0 Å². The first-order valence-corrected chi connectivity index (χ1v) is 32.9. The molecular formula is C72H122O6.